The quantitative estimate of drug-likeness (QED) is 0.368. The minimum atomic E-state index is 0.572. The highest BCUT2D eigenvalue weighted by molar-refractivity contribution is 7.19. The van der Waals surface area contributed by atoms with Crippen LogP contribution in [0.1, 0.15) is 11.3 Å². The maximum Gasteiger partial charge on any atom is 0.227 e. The van der Waals surface area contributed by atoms with Gasteiger partial charge in [0.05, 0.1) is 29.5 Å². The summed E-state index contributed by atoms with van der Waals surface area (Å²) in [5.41, 5.74) is 5.31. The molecule has 2 aromatic carbocycles. The Labute approximate surface area is 203 Å². The molecule has 0 amide bonds. The van der Waals surface area contributed by atoms with Gasteiger partial charge in [-0.2, -0.15) is 0 Å². The van der Waals surface area contributed by atoms with Gasteiger partial charge in [0.1, 0.15) is 0 Å². The van der Waals surface area contributed by atoms with Crippen molar-refractivity contribution in [3.63, 3.8) is 0 Å². The van der Waals surface area contributed by atoms with Crippen molar-refractivity contribution in [3.05, 3.63) is 78.1 Å². The second-order valence-corrected chi connectivity index (χ2v) is 9.13. The summed E-state index contributed by atoms with van der Waals surface area (Å²) < 4.78 is 5.44. The molecule has 1 aliphatic heterocycles. The Hall–Kier alpha value is -3.49. The zero-order chi connectivity index (χ0) is 23.2. The number of morpholine rings is 1. The Balaban J connectivity index is 1.23. The number of aromatic nitrogens is 3. The molecule has 0 aliphatic carbocycles. The van der Waals surface area contributed by atoms with E-state index in [1.165, 1.54) is 11.3 Å². The lowest BCUT2D eigenvalue weighted by molar-refractivity contribution is 0.122. The molecule has 0 spiro atoms. The molecule has 2 N–H and O–H groups in total. The summed E-state index contributed by atoms with van der Waals surface area (Å²) in [5, 5.41) is 7.69. The van der Waals surface area contributed by atoms with Crippen molar-refractivity contribution in [2.45, 2.75) is 13.3 Å². The first-order chi connectivity index (χ1) is 16.7. The number of benzene rings is 2. The number of aryl methyl sites for hydroxylation is 1. The van der Waals surface area contributed by atoms with Crippen LogP contribution in [0.5, 0.6) is 0 Å². The van der Waals surface area contributed by atoms with Gasteiger partial charge in [-0.15, -0.1) is 0 Å². The van der Waals surface area contributed by atoms with Gasteiger partial charge in [0.25, 0.3) is 0 Å². The van der Waals surface area contributed by atoms with Gasteiger partial charge in [0, 0.05) is 37.2 Å². The molecule has 2 aromatic heterocycles. The lowest BCUT2D eigenvalue weighted by Crippen LogP contribution is -2.36. The second-order valence-electron chi connectivity index (χ2n) is 8.13. The van der Waals surface area contributed by atoms with Gasteiger partial charge in [-0.05, 0) is 49.2 Å². The molecule has 0 atom stereocenters. The summed E-state index contributed by atoms with van der Waals surface area (Å²) in [6.07, 6.45) is 2.75. The third kappa shape index (κ3) is 5.52. The first-order valence-corrected chi connectivity index (χ1v) is 12.3. The average Bonchev–Trinajstić information content (AvgIpc) is 3.26. The molecular formula is C26H28N6OS. The number of hydrogen-bond acceptors (Lipinski definition) is 8. The van der Waals surface area contributed by atoms with Gasteiger partial charge < -0.3 is 20.3 Å². The molecule has 0 bridgehead atoms. The summed E-state index contributed by atoms with van der Waals surface area (Å²) in [7, 11) is 0. The molecule has 174 valence electrons. The Kier molecular flexibility index (Phi) is 6.97. The van der Waals surface area contributed by atoms with Crippen molar-refractivity contribution in [1.29, 1.82) is 0 Å². The molecule has 3 heterocycles. The highest BCUT2D eigenvalue weighted by Gasteiger charge is 2.13. The third-order valence-electron chi connectivity index (χ3n) is 5.72. The minimum absolute atomic E-state index is 0.572. The summed E-state index contributed by atoms with van der Waals surface area (Å²) in [4.78, 5) is 17.2. The van der Waals surface area contributed by atoms with Crippen molar-refractivity contribution < 1.29 is 4.74 Å². The molecule has 1 aliphatic rings. The van der Waals surface area contributed by atoms with E-state index in [-0.39, 0.29) is 0 Å². The largest absolute Gasteiger partial charge is 0.378 e. The Bertz CT molecular complexity index is 1210. The van der Waals surface area contributed by atoms with Crippen LogP contribution in [0.15, 0.2) is 66.9 Å². The molecule has 4 aromatic rings. The average molecular weight is 473 g/mol. The van der Waals surface area contributed by atoms with Crippen molar-refractivity contribution in [3.8, 4) is 10.6 Å². The second kappa shape index (κ2) is 10.6. The van der Waals surface area contributed by atoms with E-state index in [1.54, 1.807) is 17.5 Å². The van der Waals surface area contributed by atoms with E-state index in [0.717, 1.165) is 66.4 Å². The molecule has 0 unspecified atom stereocenters. The summed E-state index contributed by atoms with van der Waals surface area (Å²) in [5.74, 6) is 0.572. The SMILES string of the molecule is Cc1nc(NCCc2ccccc2)sc1-c1ccnc(Nc2ccc(N3CCOCC3)cc2)n1. The molecular weight excluding hydrogens is 444 g/mol. The molecule has 0 saturated carbocycles. The first kappa shape index (κ1) is 22.3. The monoisotopic (exact) mass is 472 g/mol. The Morgan fingerprint density at radius 1 is 0.971 bits per heavy atom. The van der Waals surface area contributed by atoms with Crippen LogP contribution >= 0.6 is 11.3 Å². The first-order valence-electron chi connectivity index (χ1n) is 11.5. The standard InChI is InChI=1S/C26H28N6OS/c1-19-24(34-26(29-19)28-13-11-20-5-3-2-4-6-20)23-12-14-27-25(31-23)30-21-7-9-22(10-8-21)32-15-17-33-18-16-32/h2-10,12,14H,11,13,15-18H2,1H3,(H,28,29)(H,27,30,31). The molecule has 1 saturated heterocycles. The number of anilines is 4. The van der Waals surface area contributed by atoms with E-state index in [9.17, 15) is 0 Å². The number of thiazole rings is 1. The summed E-state index contributed by atoms with van der Waals surface area (Å²) >= 11 is 1.62. The van der Waals surface area contributed by atoms with Gasteiger partial charge in [-0.1, -0.05) is 41.7 Å². The van der Waals surface area contributed by atoms with Gasteiger partial charge in [0.2, 0.25) is 5.95 Å². The third-order valence-corrected chi connectivity index (χ3v) is 6.85. The number of hydrogen-bond donors (Lipinski definition) is 2. The fourth-order valence-corrected chi connectivity index (χ4v) is 4.88. The van der Waals surface area contributed by atoms with Crippen LogP contribution in [0, 0.1) is 6.92 Å². The van der Waals surface area contributed by atoms with E-state index >= 15 is 0 Å². The minimum Gasteiger partial charge on any atom is -0.378 e. The lowest BCUT2D eigenvalue weighted by Gasteiger charge is -2.28. The fraction of sp³-hybridized carbons (Fsp3) is 0.269. The van der Waals surface area contributed by atoms with Crippen LogP contribution in [0.4, 0.5) is 22.5 Å². The van der Waals surface area contributed by atoms with Gasteiger partial charge in [-0.3, -0.25) is 0 Å². The Morgan fingerprint density at radius 2 is 1.76 bits per heavy atom. The van der Waals surface area contributed by atoms with Crippen LogP contribution in [-0.4, -0.2) is 47.8 Å². The van der Waals surface area contributed by atoms with Crippen LogP contribution < -0.4 is 15.5 Å². The maximum absolute atomic E-state index is 5.44. The smallest absolute Gasteiger partial charge is 0.227 e. The topological polar surface area (TPSA) is 75.2 Å². The highest BCUT2D eigenvalue weighted by atomic mass is 32.1. The number of rotatable bonds is 8. The van der Waals surface area contributed by atoms with Gasteiger partial charge >= 0.3 is 0 Å². The van der Waals surface area contributed by atoms with Crippen LogP contribution in [0.2, 0.25) is 0 Å². The predicted octanol–water partition coefficient (Wildman–Crippen LogP) is 5.14. The van der Waals surface area contributed by atoms with E-state index in [0.29, 0.717) is 5.95 Å². The maximum atomic E-state index is 5.44. The molecule has 5 rings (SSSR count). The van der Waals surface area contributed by atoms with Crippen molar-refractivity contribution in [1.82, 2.24) is 15.0 Å². The Morgan fingerprint density at radius 3 is 2.56 bits per heavy atom. The zero-order valence-electron chi connectivity index (χ0n) is 19.2. The summed E-state index contributed by atoms with van der Waals surface area (Å²) in [6, 6.07) is 20.8. The predicted molar refractivity (Wildman–Crippen MR) is 139 cm³/mol. The summed E-state index contributed by atoms with van der Waals surface area (Å²) in [6.45, 7) is 6.27. The van der Waals surface area contributed by atoms with E-state index in [2.05, 4.69) is 69.0 Å². The number of nitrogens with one attached hydrogen (secondary N) is 2. The van der Waals surface area contributed by atoms with Crippen molar-refractivity contribution in [2.24, 2.45) is 0 Å². The van der Waals surface area contributed by atoms with E-state index in [1.807, 2.05) is 19.1 Å². The molecule has 7 nitrogen and oxygen atoms in total. The number of nitrogens with zero attached hydrogens (tertiary/aromatic N) is 4. The van der Waals surface area contributed by atoms with Crippen LogP contribution in [0.3, 0.4) is 0 Å². The number of ether oxygens (including phenoxy) is 1. The zero-order valence-corrected chi connectivity index (χ0v) is 20.0. The van der Waals surface area contributed by atoms with Gasteiger partial charge in [0.15, 0.2) is 5.13 Å². The van der Waals surface area contributed by atoms with Gasteiger partial charge in [-0.25, -0.2) is 15.0 Å². The fourth-order valence-electron chi connectivity index (χ4n) is 3.92. The lowest BCUT2D eigenvalue weighted by atomic mass is 10.2. The van der Waals surface area contributed by atoms with Crippen LogP contribution in [0.25, 0.3) is 10.6 Å². The van der Waals surface area contributed by atoms with Crippen molar-refractivity contribution in [2.75, 3.05) is 48.4 Å². The molecule has 8 heteroatoms. The molecule has 34 heavy (non-hydrogen) atoms. The highest BCUT2D eigenvalue weighted by Crippen LogP contribution is 2.32. The van der Waals surface area contributed by atoms with E-state index in [4.69, 9.17) is 14.7 Å². The molecule has 1 fully saturated rings. The molecule has 0 radical (unpaired) electrons. The normalized spacial score (nSPS) is 13.6. The van der Waals surface area contributed by atoms with E-state index < -0.39 is 0 Å². The van der Waals surface area contributed by atoms with Crippen molar-refractivity contribution >= 4 is 33.8 Å². The van der Waals surface area contributed by atoms with Crippen LogP contribution in [-0.2, 0) is 11.2 Å².